The summed E-state index contributed by atoms with van der Waals surface area (Å²) in [7, 11) is 0. The fourth-order valence-electron chi connectivity index (χ4n) is 2.16. The molecule has 0 fully saturated rings. The lowest BCUT2D eigenvalue weighted by molar-refractivity contribution is 0.399. The third-order valence-electron chi connectivity index (χ3n) is 3.34. The number of nitroso groups, excluding NO2 is 1. The number of nitrogens with two attached hydrogens (primary N) is 1. The molecule has 1 unspecified atom stereocenters. The zero-order valence-electron chi connectivity index (χ0n) is 11.3. The van der Waals surface area contributed by atoms with E-state index in [0.717, 1.165) is 25.7 Å². The highest BCUT2D eigenvalue weighted by Crippen LogP contribution is 2.18. The van der Waals surface area contributed by atoms with Crippen LogP contribution in [0.4, 0.5) is 11.5 Å². The normalized spacial score (nSPS) is 12.3. The largest absolute Gasteiger partial charge is 0.383 e. The van der Waals surface area contributed by atoms with E-state index in [1.807, 2.05) is 0 Å². The number of aromatic nitrogens is 2. The van der Waals surface area contributed by atoms with Crippen molar-refractivity contribution in [3.63, 3.8) is 0 Å². The summed E-state index contributed by atoms with van der Waals surface area (Å²) >= 11 is 0. The minimum Gasteiger partial charge on any atom is -0.383 e. The zero-order valence-corrected chi connectivity index (χ0v) is 11.3. The standard InChI is InChI=1S/C12H20N4O3/c1-3-5-8(4-2)6-7-16-10(13)9(15-19)11(17)14-12(16)18/h8H,3-7,13H2,1-2H3,(H,14,17,18). The average molecular weight is 268 g/mol. The van der Waals surface area contributed by atoms with E-state index in [-0.39, 0.29) is 5.82 Å². The van der Waals surface area contributed by atoms with Gasteiger partial charge in [0.15, 0.2) is 0 Å². The Morgan fingerprint density at radius 1 is 1.32 bits per heavy atom. The topological polar surface area (TPSA) is 110 Å². The van der Waals surface area contributed by atoms with E-state index >= 15 is 0 Å². The van der Waals surface area contributed by atoms with Crippen LogP contribution in [-0.4, -0.2) is 9.55 Å². The summed E-state index contributed by atoms with van der Waals surface area (Å²) in [6.45, 7) is 4.58. The lowest BCUT2D eigenvalue weighted by Gasteiger charge is -2.15. The molecule has 1 aromatic rings. The predicted molar refractivity (Wildman–Crippen MR) is 74.5 cm³/mol. The summed E-state index contributed by atoms with van der Waals surface area (Å²) < 4.78 is 1.20. The van der Waals surface area contributed by atoms with Crippen molar-refractivity contribution in [1.82, 2.24) is 9.55 Å². The molecule has 0 radical (unpaired) electrons. The zero-order chi connectivity index (χ0) is 14.4. The molecule has 0 saturated carbocycles. The number of rotatable bonds is 7. The third-order valence-corrected chi connectivity index (χ3v) is 3.34. The molecule has 19 heavy (non-hydrogen) atoms. The highest BCUT2D eigenvalue weighted by molar-refractivity contribution is 5.55. The molecule has 0 aliphatic rings. The number of nitrogens with one attached hydrogen (secondary N) is 1. The predicted octanol–water partition coefficient (Wildman–Crippen LogP) is 1.73. The molecule has 1 rings (SSSR count). The van der Waals surface area contributed by atoms with E-state index in [4.69, 9.17) is 5.73 Å². The maximum atomic E-state index is 11.7. The monoisotopic (exact) mass is 268 g/mol. The smallest absolute Gasteiger partial charge is 0.330 e. The van der Waals surface area contributed by atoms with Gasteiger partial charge in [0.1, 0.15) is 5.82 Å². The van der Waals surface area contributed by atoms with Crippen LogP contribution >= 0.6 is 0 Å². The van der Waals surface area contributed by atoms with Crippen molar-refractivity contribution in [3.8, 4) is 0 Å². The van der Waals surface area contributed by atoms with Gasteiger partial charge in [-0.05, 0) is 17.5 Å². The molecule has 7 heteroatoms. The van der Waals surface area contributed by atoms with Crippen LogP contribution < -0.4 is 17.0 Å². The maximum absolute atomic E-state index is 11.7. The second kappa shape index (κ2) is 6.86. The first kappa shape index (κ1) is 15.1. The quantitative estimate of drug-likeness (QED) is 0.733. The van der Waals surface area contributed by atoms with Gasteiger partial charge in [0.2, 0.25) is 5.69 Å². The Bertz CT molecular complexity index is 547. The van der Waals surface area contributed by atoms with Crippen molar-refractivity contribution in [1.29, 1.82) is 0 Å². The van der Waals surface area contributed by atoms with E-state index in [1.54, 1.807) is 0 Å². The second-order valence-corrected chi connectivity index (χ2v) is 4.59. The van der Waals surface area contributed by atoms with E-state index < -0.39 is 16.9 Å². The summed E-state index contributed by atoms with van der Waals surface area (Å²) in [6.07, 6.45) is 3.95. The molecule has 1 atom stereocenters. The van der Waals surface area contributed by atoms with Gasteiger partial charge in [-0.3, -0.25) is 14.3 Å². The van der Waals surface area contributed by atoms with Crippen LogP contribution in [0, 0.1) is 10.8 Å². The van der Waals surface area contributed by atoms with Crippen molar-refractivity contribution in [3.05, 3.63) is 25.7 Å². The van der Waals surface area contributed by atoms with Crippen molar-refractivity contribution in [2.24, 2.45) is 11.1 Å². The van der Waals surface area contributed by atoms with Gasteiger partial charge in [0.25, 0.3) is 5.56 Å². The summed E-state index contributed by atoms with van der Waals surface area (Å²) in [4.78, 5) is 35.6. The summed E-state index contributed by atoms with van der Waals surface area (Å²) in [5.41, 5.74) is 3.78. The fourth-order valence-corrected chi connectivity index (χ4v) is 2.16. The molecule has 0 spiro atoms. The van der Waals surface area contributed by atoms with E-state index in [0.29, 0.717) is 12.5 Å². The molecule has 0 aromatic carbocycles. The Hall–Kier alpha value is -1.92. The number of nitrogen functional groups attached to an aromatic ring is 1. The lowest BCUT2D eigenvalue weighted by atomic mass is 9.97. The Kier molecular flexibility index (Phi) is 5.47. The van der Waals surface area contributed by atoms with E-state index in [9.17, 15) is 14.5 Å². The Labute approximate surface area is 110 Å². The fraction of sp³-hybridized carbons (Fsp3) is 0.667. The Morgan fingerprint density at radius 2 is 2.00 bits per heavy atom. The highest BCUT2D eigenvalue weighted by atomic mass is 16.3. The minimum atomic E-state index is -0.839. The lowest BCUT2D eigenvalue weighted by Crippen LogP contribution is -2.32. The molecule has 1 heterocycles. The summed E-state index contributed by atoms with van der Waals surface area (Å²) in [5.74, 6) is 0.339. The molecule has 0 amide bonds. The van der Waals surface area contributed by atoms with Gasteiger partial charge in [0.05, 0.1) is 0 Å². The van der Waals surface area contributed by atoms with Gasteiger partial charge in [-0.15, -0.1) is 4.91 Å². The van der Waals surface area contributed by atoms with Gasteiger partial charge in [-0.2, -0.15) is 0 Å². The summed E-state index contributed by atoms with van der Waals surface area (Å²) in [6, 6.07) is 0. The van der Waals surface area contributed by atoms with Gasteiger partial charge < -0.3 is 5.73 Å². The number of hydrogen-bond donors (Lipinski definition) is 2. The van der Waals surface area contributed by atoms with Crippen LogP contribution in [0.25, 0.3) is 0 Å². The van der Waals surface area contributed by atoms with Crippen molar-refractivity contribution in [2.45, 2.75) is 46.1 Å². The summed E-state index contributed by atoms with van der Waals surface area (Å²) in [5, 5.41) is 2.58. The molecule has 0 bridgehead atoms. The van der Waals surface area contributed by atoms with Crippen molar-refractivity contribution >= 4 is 11.5 Å². The molecule has 0 aliphatic heterocycles. The molecule has 3 N–H and O–H groups in total. The molecular weight excluding hydrogens is 248 g/mol. The number of anilines is 1. The first-order valence-corrected chi connectivity index (χ1v) is 6.51. The number of aromatic amines is 1. The second-order valence-electron chi connectivity index (χ2n) is 4.59. The highest BCUT2D eigenvalue weighted by Gasteiger charge is 2.14. The van der Waals surface area contributed by atoms with Crippen LogP contribution in [0.3, 0.4) is 0 Å². The first-order valence-electron chi connectivity index (χ1n) is 6.51. The molecule has 1 aromatic heterocycles. The van der Waals surface area contributed by atoms with Gasteiger partial charge >= 0.3 is 5.69 Å². The molecule has 0 saturated heterocycles. The van der Waals surface area contributed by atoms with Gasteiger partial charge in [0, 0.05) is 6.54 Å². The van der Waals surface area contributed by atoms with Crippen molar-refractivity contribution < 1.29 is 0 Å². The molecule has 7 nitrogen and oxygen atoms in total. The van der Waals surface area contributed by atoms with Crippen LogP contribution in [0.2, 0.25) is 0 Å². The number of hydrogen-bond acceptors (Lipinski definition) is 5. The molecule has 0 aliphatic carbocycles. The number of H-pyrrole nitrogens is 1. The van der Waals surface area contributed by atoms with Crippen LogP contribution in [0.5, 0.6) is 0 Å². The SMILES string of the molecule is CCCC(CC)CCn1c(N)c(N=O)c(=O)[nH]c1=O. The number of nitrogens with zero attached hydrogens (tertiary/aromatic N) is 2. The third kappa shape index (κ3) is 3.52. The van der Waals surface area contributed by atoms with Gasteiger partial charge in [-0.25, -0.2) is 4.79 Å². The van der Waals surface area contributed by atoms with Gasteiger partial charge in [-0.1, -0.05) is 33.1 Å². The maximum Gasteiger partial charge on any atom is 0.330 e. The Balaban J connectivity index is 2.99. The minimum absolute atomic E-state index is 0.157. The van der Waals surface area contributed by atoms with Crippen LogP contribution in [0.15, 0.2) is 14.8 Å². The van der Waals surface area contributed by atoms with E-state index in [1.165, 1.54) is 4.57 Å². The van der Waals surface area contributed by atoms with Crippen molar-refractivity contribution in [2.75, 3.05) is 5.73 Å². The first-order chi connectivity index (χ1) is 9.04. The van der Waals surface area contributed by atoms with Crippen LogP contribution in [0.1, 0.15) is 39.5 Å². The average Bonchev–Trinajstić information content (AvgIpc) is 2.37. The Morgan fingerprint density at radius 3 is 2.53 bits per heavy atom. The van der Waals surface area contributed by atoms with Crippen LogP contribution in [-0.2, 0) is 6.54 Å². The molecular formula is C12H20N4O3. The van der Waals surface area contributed by atoms with E-state index in [2.05, 4.69) is 24.0 Å². The molecule has 106 valence electrons.